The molecule has 0 atom stereocenters. The maximum atomic E-state index is 10.8. The van der Waals surface area contributed by atoms with Gasteiger partial charge in [0.2, 0.25) is 0 Å². The van der Waals surface area contributed by atoms with E-state index in [0.717, 1.165) is 17.7 Å². The van der Waals surface area contributed by atoms with Crippen LogP contribution in [0.3, 0.4) is 0 Å². The lowest BCUT2D eigenvalue weighted by molar-refractivity contribution is -0.135. The number of ether oxygens (including phenoxy) is 1. The lowest BCUT2D eigenvalue weighted by Crippen LogP contribution is -2.15. The van der Waals surface area contributed by atoms with Crippen LogP contribution < -0.4 is 4.74 Å². The second kappa shape index (κ2) is 3.72. The summed E-state index contributed by atoms with van der Waals surface area (Å²) < 4.78 is 4.99. The third-order valence-corrected chi connectivity index (χ3v) is 1.79. The number of benzene rings is 1. The van der Waals surface area contributed by atoms with Crippen LogP contribution in [0.5, 0.6) is 5.75 Å². The smallest absolute Gasteiger partial charge is 0.311 e. The molecule has 0 fully saturated rings. The highest BCUT2D eigenvalue weighted by Gasteiger charge is 2.15. The minimum absolute atomic E-state index is 0. The number of hydrogen-bond acceptors (Lipinski definition) is 2. The molecule has 1 aliphatic rings. The minimum atomic E-state index is -0.122. The lowest BCUT2D eigenvalue weighted by Gasteiger charge is -2.13. The Kier molecular flexibility index (Phi) is 2.87. The third-order valence-electron chi connectivity index (χ3n) is 1.79. The van der Waals surface area contributed by atoms with Crippen molar-refractivity contribution in [2.45, 2.75) is 12.8 Å². The molecule has 2 rings (SSSR count). The van der Waals surface area contributed by atoms with Crippen LogP contribution in [0.1, 0.15) is 12.0 Å². The Morgan fingerprint density at radius 3 is 2.75 bits per heavy atom. The summed E-state index contributed by atoms with van der Waals surface area (Å²) in [4.78, 5) is 10.8. The van der Waals surface area contributed by atoms with Gasteiger partial charge in [0.25, 0.3) is 0 Å². The van der Waals surface area contributed by atoms with E-state index >= 15 is 0 Å². The Balaban J connectivity index is 0.000000720. The molecule has 0 saturated carbocycles. The van der Waals surface area contributed by atoms with Gasteiger partial charge in [-0.05, 0) is 18.1 Å². The highest BCUT2D eigenvalue weighted by molar-refractivity contribution is 8.93. The zero-order chi connectivity index (χ0) is 7.68. The van der Waals surface area contributed by atoms with Gasteiger partial charge in [-0.2, -0.15) is 0 Å². The van der Waals surface area contributed by atoms with Crippen molar-refractivity contribution in [1.82, 2.24) is 0 Å². The summed E-state index contributed by atoms with van der Waals surface area (Å²) in [6.07, 6.45) is 1.33. The summed E-state index contributed by atoms with van der Waals surface area (Å²) in [6, 6.07) is 7.64. The van der Waals surface area contributed by atoms with Crippen molar-refractivity contribution in [2.75, 3.05) is 0 Å². The average molecular weight is 229 g/mol. The fourth-order valence-corrected chi connectivity index (χ4v) is 1.22. The first kappa shape index (κ1) is 9.26. The van der Waals surface area contributed by atoms with Crippen LogP contribution in [0.2, 0.25) is 0 Å². The molecule has 0 amide bonds. The fraction of sp³-hybridized carbons (Fsp3) is 0.222. The molecule has 0 radical (unpaired) electrons. The topological polar surface area (TPSA) is 26.3 Å². The standard InChI is InChI=1S/C9H8O2.BrH/c10-9-6-5-7-3-1-2-4-8(7)11-9;/h1-4H,5-6H2;1H. The molecule has 0 aliphatic carbocycles. The van der Waals surface area contributed by atoms with Gasteiger partial charge in [0.1, 0.15) is 5.75 Å². The number of fused-ring (bicyclic) bond motifs is 1. The van der Waals surface area contributed by atoms with Gasteiger partial charge >= 0.3 is 5.97 Å². The zero-order valence-electron chi connectivity index (χ0n) is 6.45. The van der Waals surface area contributed by atoms with Crippen LogP contribution in [0.15, 0.2) is 24.3 Å². The molecule has 1 aromatic carbocycles. The van der Waals surface area contributed by atoms with Crippen molar-refractivity contribution in [1.29, 1.82) is 0 Å². The molecule has 0 N–H and O–H groups in total. The predicted octanol–water partition coefficient (Wildman–Crippen LogP) is 2.12. The van der Waals surface area contributed by atoms with Crippen LogP contribution in [0.25, 0.3) is 0 Å². The molecule has 0 unspecified atom stereocenters. The Labute approximate surface area is 81.3 Å². The SMILES string of the molecule is Br.O=C1CCc2ccccc2O1. The molecular formula is C9H9BrO2. The summed E-state index contributed by atoms with van der Waals surface area (Å²) in [7, 11) is 0. The minimum Gasteiger partial charge on any atom is -0.426 e. The van der Waals surface area contributed by atoms with Gasteiger partial charge in [-0.1, -0.05) is 18.2 Å². The molecule has 1 heterocycles. The Bertz CT molecular complexity index is 296. The average Bonchev–Trinajstić information content (AvgIpc) is 2.04. The predicted molar refractivity (Wildman–Crippen MR) is 50.7 cm³/mol. The second-order valence-corrected chi connectivity index (χ2v) is 2.58. The first-order chi connectivity index (χ1) is 5.36. The van der Waals surface area contributed by atoms with Gasteiger partial charge in [-0.25, -0.2) is 0 Å². The van der Waals surface area contributed by atoms with Gasteiger partial charge in [-0.15, -0.1) is 17.0 Å². The summed E-state index contributed by atoms with van der Waals surface area (Å²) in [5, 5.41) is 0. The number of aryl methyl sites for hydroxylation is 1. The van der Waals surface area contributed by atoms with Gasteiger partial charge in [0.15, 0.2) is 0 Å². The molecule has 0 saturated heterocycles. The molecule has 1 aliphatic heterocycles. The Morgan fingerprint density at radius 1 is 1.17 bits per heavy atom. The Hall–Kier alpha value is -0.830. The van der Waals surface area contributed by atoms with Crippen molar-refractivity contribution >= 4 is 23.0 Å². The fourth-order valence-electron chi connectivity index (χ4n) is 1.22. The van der Waals surface area contributed by atoms with Gasteiger partial charge in [0.05, 0.1) is 6.42 Å². The van der Waals surface area contributed by atoms with E-state index in [2.05, 4.69) is 0 Å². The van der Waals surface area contributed by atoms with Crippen molar-refractivity contribution in [3.8, 4) is 5.75 Å². The highest BCUT2D eigenvalue weighted by Crippen LogP contribution is 2.23. The zero-order valence-corrected chi connectivity index (χ0v) is 8.16. The van der Waals surface area contributed by atoms with E-state index in [1.54, 1.807) is 0 Å². The monoisotopic (exact) mass is 228 g/mol. The van der Waals surface area contributed by atoms with Crippen molar-refractivity contribution < 1.29 is 9.53 Å². The van der Waals surface area contributed by atoms with E-state index < -0.39 is 0 Å². The van der Waals surface area contributed by atoms with Crippen molar-refractivity contribution in [3.05, 3.63) is 29.8 Å². The number of esters is 1. The van der Waals surface area contributed by atoms with E-state index in [1.807, 2.05) is 24.3 Å². The number of halogens is 1. The molecular weight excluding hydrogens is 220 g/mol. The molecule has 0 spiro atoms. The van der Waals surface area contributed by atoms with E-state index in [0.29, 0.717) is 6.42 Å². The van der Waals surface area contributed by atoms with Gasteiger partial charge in [-0.3, -0.25) is 4.79 Å². The number of hydrogen-bond donors (Lipinski definition) is 0. The van der Waals surface area contributed by atoms with Crippen molar-refractivity contribution in [2.24, 2.45) is 0 Å². The molecule has 0 bridgehead atoms. The Morgan fingerprint density at radius 2 is 1.92 bits per heavy atom. The van der Waals surface area contributed by atoms with Crippen LogP contribution in [0.4, 0.5) is 0 Å². The molecule has 64 valence electrons. The van der Waals surface area contributed by atoms with E-state index in [4.69, 9.17) is 4.74 Å². The first-order valence-electron chi connectivity index (χ1n) is 3.65. The summed E-state index contributed by atoms with van der Waals surface area (Å²) in [5.41, 5.74) is 1.13. The molecule has 2 nitrogen and oxygen atoms in total. The molecule has 3 heteroatoms. The van der Waals surface area contributed by atoms with E-state index in [1.165, 1.54) is 0 Å². The van der Waals surface area contributed by atoms with Crippen molar-refractivity contribution in [3.63, 3.8) is 0 Å². The maximum Gasteiger partial charge on any atom is 0.311 e. The molecule has 0 aromatic heterocycles. The van der Waals surface area contributed by atoms with Crippen LogP contribution >= 0.6 is 17.0 Å². The molecule has 1 aromatic rings. The van der Waals surface area contributed by atoms with Gasteiger partial charge in [0, 0.05) is 0 Å². The summed E-state index contributed by atoms with van der Waals surface area (Å²) in [5.74, 6) is 0.604. The number of rotatable bonds is 0. The van der Waals surface area contributed by atoms with Crippen LogP contribution in [0, 0.1) is 0 Å². The first-order valence-corrected chi connectivity index (χ1v) is 3.65. The van der Waals surface area contributed by atoms with E-state index in [9.17, 15) is 4.79 Å². The number of carbonyl (C=O) groups is 1. The van der Waals surface area contributed by atoms with Crippen LogP contribution in [-0.2, 0) is 11.2 Å². The maximum absolute atomic E-state index is 10.8. The quantitative estimate of drug-likeness (QED) is 0.503. The van der Waals surface area contributed by atoms with Gasteiger partial charge < -0.3 is 4.74 Å². The molecule has 12 heavy (non-hydrogen) atoms. The van der Waals surface area contributed by atoms with Crippen LogP contribution in [-0.4, -0.2) is 5.97 Å². The normalized spacial score (nSPS) is 14.2. The highest BCUT2D eigenvalue weighted by atomic mass is 79.9. The lowest BCUT2D eigenvalue weighted by atomic mass is 10.1. The summed E-state index contributed by atoms with van der Waals surface area (Å²) in [6.45, 7) is 0. The number of carbonyl (C=O) groups excluding carboxylic acids is 1. The summed E-state index contributed by atoms with van der Waals surface area (Å²) >= 11 is 0. The second-order valence-electron chi connectivity index (χ2n) is 2.58. The van der Waals surface area contributed by atoms with E-state index in [-0.39, 0.29) is 23.0 Å². The number of para-hydroxylation sites is 1. The third kappa shape index (κ3) is 1.67. The largest absolute Gasteiger partial charge is 0.426 e.